The van der Waals surface area contributed by atoms with Crippen molar-refractivity contribution in [1.82, 2.24) is 10.7 Å². The van der Waals surface area contributed by atoms with Crippen molar-refractivity contribution in [2.45, 2.75) is 13.8 Å². The van der Waals surface area contributed by atoms with Gasteiger partial charge in [-0.15, -0.1) is 11.3 Å². The van der Waals surface area contributed by atoms with Crippen LogP contribution in [0.5, 0.6) is 0 Å². The number of nitrogens with zero attached hydrogens (tertiary/aromatic N) is 1. The Morgan fingerprint density at radius 2 is 2.43 bits per heavy atom. The summed E-state index contributed by atoms with van der Waals surface area (Å²) in [6.45, 7) is 4.86. The summed E-state index contributed by atoms with van der Waals surface area (Å²) in [7, 11) is 0. The number of aryl methyl sites for hydroxylation is 1. The van der Waals surface area contributed by atoms with Crippen molar-refractivity contribution in [2.75, 3.05) is 6.54 Å². The minimum Gasteiger partial charge on any atom is -0.362 e. The highest BCUT2D eigenvalue weighted by molar-refractivity contribution is 7.80. The lowest BCUT2D eigenvalue weighted by Crippen LogP contribution is -2.31. The zero-order chi connectivity index (χ0) is 10.4. The molecule has 1 aromatic rings. The first-order chi connectivity index (χ1) is 6.72. The number of hydrogen-bond acceptors (Lipinski definition) is 3. The number of hydrogen-bond donors (Lipinski definition) is 2. The molecule has 1 rings (SSSR count). The van der Waals surface area contributed by atoms with E-state index in [4.69, 9.17) is 12.2 Å². The Labute approximate surface area is 93.2 Å². The molecule has 1 aromatic heterocycles. The highest BCUT2D eigenvalue weighted by Gasteiger charge is 1.92. The Bertz CT molecular complexity index is 331. The van der Waals surface area contributed by atoms with Crippen molar-refractivity contribution in [2.24, 2.45) is 5.10 Å². The van der Waals surface area contributed by atoms with E-state index in [1.807, 2.05) is 13.0 Å². The van der Waals surface area contributed by atoms with Gasteiger partial charge in [-0.2, -0.15) is 5.10 Å². The van der Waals surface area contributed by atoms with Gasteiger partial charge in [-0.05, 0) is 38.2 Å². The van der Waals surface area contributed by atoms with Gasteiger partial charge in [0.15, 0.2) is 5.11 Å². The summed E-state index contributed by atoms with van der Waals surface area (Å²) < 4.78 is 0. The van der Waals surface area contributed by atoms with Gasteiger partial charge in [0.05, 0.1) is 6.21 Å². The van der Waals surface area contributed by atoms with Crippen LogP contribution in [0, 0.1) is 6.92 Å². The first kappa shape index (κ1) is 11.1. The van der Waals surface area contributed by atoms with Gasteiger partial charge in [-0.3, -0.25) is 5.43 Å². The second-order valence-electron chi connectivity index (χ2n) is 2.68. The minimum absolute atomic E-state index is 0.553. The van der Waals surface area contributed by atoms with Crippen LogP contribution >= 0.6 is 23.6 Å². The topological polar surface area (TPSA) is 36.4 Å². The third kappa shape index (κ3) is 3.85. The van der Waals surface area contributed by atoms with Gasteiger partial charge in [-0.1, -0.05) is 0 Å². The lowest BCUT2D eigenvalue weighted by Gasteiger charge is -2.01. The molecular formula is C9H13N3S2. The molecule has 0 radical (unpaired) electrons. The summed E-state index contributed by atoms with van der Waals surface area (Å²) >= 11 is 6.64. The zero-order valence-corrected chi connectivity index (χ0v) is 9.84. The van der Waals surface area contributed by atoms with E-state index in [1.165, 1.54) is 4.88 Å². The normalized spacial score (nSPS) is 10.4. The molecule has 0 saturated heterocycles. The van der Waals surface area contributed by atoms with E-state index in [1.54, 1.807) is 17.6 Å². The molecular weight excluding hydrogens is 214 g/mol. The molecule has 0 fully saturated rings. The molecule has 0 spiro atoms. The lowest BCUT2D eigenvalue weighted by atomic mass is 10.4. The summed E-state index contributed by atoms with van der Waals surface area (Å²) in [6, 6.07) is 4.09. The fourth-order valence-corrected chi connectivity index (χ4v) is 1.82. The first-order valence-corrected chi connectivity index (χ1v) is 5.58. The van der Waals surface area contributed by atoms with Gasteiger partial charge in [-0.25, -0.2) is 0 Å². The number of thiocarbonyl (C=S) groups is 1. The smallest absolute Gasteiger partial charge is 0.186 e. The van der Waals surface area contributed by atoms with Gasteiger partial charge in [0.2, 0.25) is 0 Å². The molecule has 0 unspecified atom stereocenters. The Hall–Kier alpha value is -0.940. The molecule has 0 bridgehead atoms. The molecule has 14 heavy (non-hydrogen) atoms. The predicted octanol–water partition coefficient (Wildman–Crippen LogP) is 1.87. The van der Waals surface area contributed by atoms with Crippen molar-refractivity contribution in [3.8, 4) is 0 Å². The first-order valence-electron chi connectivity index (χ1n) is 4.35. The van der Waals surface area contributed by atoms with Gasteiger partial charge in [0.1, 0.15) is 0 Å². The van der Waals surface area contributed by atoms with Crippen molar-refractivity contribution in [3.63, 3.8) is 0 Å². The molecule has 0 aliphatic carbocycles. The van der Waals surface area contributed by atoms with Crippen LogP contribution in [0.1, 0.15) is 16.7 Å². The second-order valence-corrected chi connectivity index (χ2v) is 4.41. The quantitative estimate of drug-likeness (QED) is 0.470. The van der Waals surface area contributed by atoms with Gasteiger partial charge in [0, 0.05) is 16.3 Å². The van der Waals surface area contributed by atoms with E-state index in [9.17, 15) is 0 Å². The molecule has 0 aliphatic heterocycles. The molecule has 5 heteroatoms. The van der Waals surface area contributed by atoms with Crippen molar-refractivity contribution in [3.05, 3.63) is 21.9 Å². The van der Waals surface area contributed by atoms with E-state index in [0.717, 1.165) is 11.4 Å². The van der Waals surface area contributed by atoms with Crippen LogP contribution in [-0.4, -0.2) is 17.9 Å². The average molecular weight is 227 g/mol. The van der Waals surface area contributed by atoms with Gasteiger partial charge < -0.3 is 5.32 Å². The molecule has 0 atom stereocenters. The van der Waals surface area contributed by atoms with Gasteiger partial charge >= 0.3 is 0 Å². The molecule has 1 heterocycles. The predicted molar refractivity (Wildman–Crippen MR) is 66.1 cm³/mol. The van der Waals surface area contributed by atoms with Crippen LogP contribution in [0.4, 0.5) is 0 Å². The highest BCUT2D eigenvalue weighted by atomic mass is 32.1. The van der Waals surface area contributed by atoms with E-state index >= 15 is 0 Å². The Kier molecular flexibility index (Phi) is 4.55. The third-order valence-corrected chi connectivity index (χ3v) is 2.63. The van der Waals surface area contributed by atoms with Crippen LogP contribution < -0.4 is 10.7 Å². The molecule has 0 aromatic carbocycles. The maximum atomic E-state index is 4.94. The number of nitrogens with one attached hydrogen (secondary N) is 2. The largest absolute Gasteiger partial charge is 0.362 e. The summed E-state index contributed by atoms with van der Waals surface area (Å²) in [5.74, 6) is 0. The van der Waals surface area contributed by atoms with E-state index in [0.29, 0.717) is 5.11 Å². The zero-order valence-electron chi connectivity index (χ0n) is 8.20. The van der Waals surface area contributed by atoms with Crippen LogP contribution in [0.3, 0.4) is 0 Å². The maximum absolute atomic E-state index is 4.94. The fourth-order valence-electron chi connectivity index (χ4n) is 0.877. The van der Waals surface area contributed by atoms with Crippen LogP contribution in [0.25, 0.3) is 0 Å². The standard InChI is InChI=1S/C9H13N3S2/c1-3-10-9(13)12-11-6-8-5-4-7(2)14-8/h4-6H,3H2,1-2H3,(H2,10,12,13)/b11-6+. The molecule has 0 amide bonds. The summed E-state index contributed by atoms with van der Waals surface area (Å²) in [5, 5.41) is 7.50. The maximum Gasteiger partial charge on any atom is 0.186 e. The monoisotopic (exact) mass is 227 g/mol. The molecule has 0 saturated carbocycles. The molecule has 76 valence electrons. The minimum atomic E-state index is 0.553. The Balaban J connectivity index is 2.37. The summed E-state index contributed by atoms with van der Waals surface area (Å²) in [4.78, 5) is 2.40. The van der Waals surface area contributed by atoms with Crippen molar-refractivity contribution >= 4 is 34.9 Å². The molecule has 0 aliphatic rings. The lowest BCUT2D eigenvalue weighted by molar-refractivity contribution is 0.904. The SMILES string of the molecule is CCNC(=S)N/N=C/c1ccc(C)s1. The molecule has 2 N–H and O–H groups in total. The summed E-state index contributed by atoms with van der Waals surface area (Å²) in [5.41, 5.74) is 2.74. The second kappa shape index (κ2) is 5.72. The van der Waals surface area contributed by atoms with Crippen LogP contribution in [0.15, 0.2) is 17.2 Å². The number of rotatable bonds is 3. The molecule has 3 nitrogen and oxygen atoms in total. The highest BCUT2D eigenvalue weighted by Crippen LogP contribution is 2.11. The van der Waals surface area contributed by atoms with Crippen LogP contribution in [-0.2, 0) is 0 Å². The fraction of sp³-hybridized carbons (Fsp3) is 0.333. The van der Waals surface area contributed by atoms with Crippen LogP contribution in [0.2, 0.25) is 0 Å². The average Bonchev–Trinajstić information content (AvgIpc) is 2.52. The van der Waals surface area contributed by atoms with Crippen molar-refractivity contribution < 1.29 is 0 Å². The number of thiophene rings is 1. The third-order valence-electron chi connectivity index (χ3n) is 1.46. The van der Waals surface area contributed by atoms with E-state index in [-0.39, 0.29) is 0 Å². The number of hydrazone groups is 1. The van der Waals surface area contributed by atoms with E-state index in [2.05, 4.69) is 28.8 Å². The Morgan fingerprint density at radius 3 is 3.00 bits per heavy atom. The summed E-state index contributed by atoms with van der Waals surface area (Å²) in [6.07, 6.45) is 1.77. The van der Waals surface area contributed by atoms with Crippen molar-refractivity contribution in [1.29, 1.82) is 0 Å². The Morgan fingerprint density at radius 1 is 1.64 bits per heavy atom. The van der Waals surface area contributed by atoms with E-state index < -0.39 is 0 Å². The van der Waals surface area contributed by atoms with Gasteiger partial charge in [0.25, 0.3) is 0 Å².